The van der Waals surface area contributed by atoms with Gasteiger partial charge >= 0.3 is 5.97 Å². The van der Waals surface area contributed by atoms with Gasteiger partial charge in [-0.3, -0.25) is 4.79 Å². The molecule has 1 atom stereocenters. The highest BCUT2D eigenvalue weighted by Crippen LogP contribution is 2.42. The molecule has 0 aliphatic carbocycles. The van der Waals surface area contributed by atoms with Crippen LogP contribution in [0.25, 0.3) is 10.8 Å². The molecule has 2 N–H and O–H groups in total. The van der Waals surface area contributed by atoms with E-state index in [4.69, 9.17) is 0 Å². The Morgan fingerprint density at radius 1 is 0.933 bits per heavy atom. The highest BCUT2D eigenvalue weighted by atomic mass is 16.4. The van der Waals surface area contributed by atoms with Crippen molar-refractivity contribution in [1.29, 1.82) is 0 Å². The first kappa shape index (κ1) is 21.9. The second kappa shape index (κ2) is 8.14. The van der Waals surface area contributed by atoms with Gasteiger partial charge in [-0.1, -0.05) is 89.2 Å². The molecule has 3 heteroatoms. The standard InChI is InChI=1S/C27H32O3/c1-26(2,3)25-21-13-11-18(15-20(21)12-14-23(25)28)17-27(4,5)22(16-24(29)30)19-9-7-6-8-10-19/h6-15,22,28H,16-17H2,1-5H3,(H,29,30). The lowest BCUT2D eigenvalue weighted by Gasteiger charge is -2.34. The van der Waals surface area contributed by atoms with Gasteiger partial charge in [-0.15, -0.1) is 0 Å². The minimum atomic E-state index is -0.777. The number of benzene rings is 3. The number of fused-ring (bicyclic) bond motifs is 1. The van der Waals surface area contributed by atoms with Gasteiger partial charge in [0.1, 0.15) is 5.75 Å². The summed E-state index contributed by atoms with van der Waals surface area (Å²) in [6, 6.07) is 20.1. The van der Waals surface area contributed by atoms with E-state index in [1.165, 1.54) is 5.56 Å². The Hall–Kier alpha value is -2.81. The van der Waals surface area contributed by atoms with E-state index in [9.17, 15) is 15.0 Å². The van der Waals surface area contributed by atoms with Crippen LogP contribution in [0, 0.1) is 5.41 Å². The molecule has 0 fully saturated rings. The SMILES string of the molecule is CC(C)(C)c1c(O)ccc2cc(CC(C)(C)C(CC(=O)O)c3ccccc3)ccc12. The summed E-state index contributed by atoms with van der Waals surface area (Å²) in [6.45, 7) is 10.6. The van der Waals surface area contributed by atoms with Crippen LogP contribution in [0.2, 0.25) is 0 Å². The van der Waals surface area contributed by atoms with E-state index in [0.717, 1.165) is 28.3 Å². The number of hydrogen-bond donors (Lipinski definition) is 2. The highest BCUT2D eigenvalue weighted by Gasteiger charge is 2.33. The summed E-state index contributed by atoms with van der Waals surface area (Å²) in [5.74, 6) is -0.536. The summed E-state index contributed by atoms with van der Waals surface area (Å²) in [7, 11) is 0. The minimum Gasteiger partial charge on any atom is -0.508 e. The van der Waals surface area contributed by atoms with Gasteiger partial charge < -0.3 is 10.2 Å². The molecule has 0 bridgehead atoms. The molecule has 3 nitrogen and oxygen atoms in total. The van der Waals surface area contributed by atoms with Crippen molar-refractivity contribution in [2.24, 2.45) is 5.41 Å². The van der Waals surface area contributed by atoms with E-state index in [2.05, 4.69) is 52.8 Å². The summed E-state index contributed by atoms with van der Waals surface area (Å²) < 4.78 is 0. The predicted octanol–water partition coefficient (Wildman–Crippen LogP) is 6.67. The molecule has 0 amide bonds. The van der Waals surface area contributed by atoms with Gasteiger partial charge in [0.25, 0.3) is 0 Å². The maximum atomic E-state index is 11.6. The highest BCUT2D eigenvalue weighted by molar-refractivity contribution is 5.89. The largest absolute Gasteiger partial charge is 0.508 e. The summed E-state index contributed by atoms with van der Waals surface area (Å²) in [5, 5.41) is 22.1. The number of aromatic hydroxyl groups is 1. The van der Waals surface area contributed by atoms with Crippen molar-refractivity contribution in [3.8, 4) is 5.75 Å². The average molecular weight is 405 g/mol. The quantitative estimate of drug-likeness (QED) is 0.482. The number of carbonyl (C=O) groups is 1. The normalized spacial score (nSPS) is 13.4. The van der Waals surface area contributed by atoms with Crippen LogP contribution in [0.15, 0.2) is 60.7 Å². The molecular weight excluding hydrogens is 372 g/mol. The molecule has 1 unspecified atom stereocenters. The number of phenolic OH excluding ortho intramolecular Hbond substituents is 1. The molecule has 0 radical (unpaired) electrons. The van der Waals surface area contributed by atoms with Gasteiger partial charge in [-0.25, -0.2) is 0 Å². The Labute approximate surface area is 179 Å². The molecule has 0 aliphatic rings. The molecule has 0 saturated carbocycles. The molecule has 3 aromatic carbocycles. The first-order valence-corrected chi connectivity index (χ1v) is 10.5. The van der Waals surface area contributed by atoms with Gasteiger partial charge in [0, 0.05) is 5.56 Å². The number of aliphatic carboxylic acids is 1. The molecule has 0 spiro atoms. The fourth-order valence-corrected chi connectivity index (χ4v) is 4.62. The Balaban J connectivity index is 1.99. The molecule has 3 aromatic rings. The molecule has 0 aromatic heterocycles. The monoisotopic (exact) mass is 404 g/mol. The molecule has 158 valence electrons. The fourth-order valence-electron chi connectivity index (χ4n) is 4.62. The number of rotatable bonds is 6. The van der Waals surface area contributed by atoms with Crippen LogP contribution in [0.4, 0.5) is 0 Å². The van der Waals surface area contributed by atoms with Crippen molar-refractivity contribution < 1.29 is 15.0 Å². The molecular formula is C27H32O3. The van der Waals surface area contributed by atoms with E-state index < -0.39 is 5.97 Å². The van der Waals surface area contributed by atoms with Crippen LogP contribution >= 0.6 is 0 Å². The molecule has 30 heavy (non-hydrogen) atoms. The number of hydrogen-bond acceptors (Lipinski definition) is 2. The van der Waals surface area contributed by atoms with Gasteiger partial charge in [-0.05, 0) is 51.1 Å². The lowest BCUT2D eigenvalue weighted by molar-refractivity contribution is -0.138. The second-order valence-electron chi connectivity index (χ2n) is 9.99. The van der Waals surface area contributed by atoms with E-state index in [-0.39, 0.29) is 23.2 Å². The van der Waals surface area contributed by atoms with Crippen molar-refractivity contribution in [2.45, 2.75) is 58.8 Å². The molecule has 0 aliphatic heterocycles. The third-order valence-electron chi connectivity index (χ3n) is 6.00. The Bertz CT molecular complexity index is 1040. The number of phenols is 1. The van der Waals surface area contributed by atoms with Crippen LogP contribution < -0.4 is 0 Å². The topological polar surface area (TPSA) is 57.5 Å². The van der Waals surface area contributed by atoms with Gasteiger partial charge in [0.15, 0.2) is 0 Å². The Morgan fingerprint density at radius 3 is 2.20 bits per heavy atom. The van der Waals surface area contributed by atoms with Crippen LogP contribution in [0.3, 0.4) is 0 Å². The van der Waals surface area contributed by atoms with Crippen molar-refractivity contribution in [3.63, 3.8) is 0 Å². The lowest BCUT2D eigenvalue weighted by Crippen LogP contribution is -2.27. The molecule has 0 heterocycles. The van der Waals surface area contributed by atoms with E-state index in [1.54, 1.807) is 6.07 Å². The van der Waals surface area contributed by atoms with E-state index >= 15 is 0 Å². The number of carboxylic acids is 1. The molecule has 3 rings (SSSR count). The zero-order chi connectivity index (χ0) is 22.1. The van der Waals surface area contributed by atoms with Crippen molar-refractivity contribution >= 4 is 16.7 Å². The summed E-state index contributed by atoms with van der Waals surface area (Å²) in [6.07, 6.45) is 0.869. The zero-order valence-electron chi connectivity index (χ0n) is 18.6. The third kappa shape index (κ3) is 4.67. The maximum absolute atomic E-state index is 11.6. The van der Waals surface area contributed by atoms with Crippen LogP contribution in [-0.4, -0.2) is 16.2 Å². The Morgan fingerprint density at radius 2 is 1.60 bits per heavy atom. The minimum absolute atomic E-state index is 0.0862. The van der Waals surface area contributed by atoms with E-state index in [0.29, 0.717) is 5.75 Å². The number of carboxylic acid groups (broad SMARTS) is 1. The van der Waals surface area contributed by atoms with Crippen molar-refractivity contribution in [2.75, 3.05) is 0 Å². The van der Waals surface area contributed by atoms with Gasteiger partial charge in [0.05, 0.1) is 6.42 Å². The van der Waals surface area contributed by atoms with E-state index in [1.807, 2.05) is 36.4 Å². The third-order valence-corrected chi connectivity index (χ3v) is 6.00. The van der Waals surface area contributed by atoms with Gasteiger partial charge in [0.2, 0.25) is 0 Å². The van der Waals surface area contributed by atoms with Crippen LogP contribution in [0.5, 0.6) is 5.75 Å². The Kier molecular flexibility index (Phi) is 5.94. The maximum Gasteiger partial charge on any atom is 0.303 e. The summed E-state index contributed by atoms with van der Waals surface area (Å²) in [5.41, 5.74) is 2.79. The van der Waals surface area contributed by atoms with Gasteiger partial charge in [-0.2, -0.15) is 0 Å². The summed E-state index contributed by atoms with van der Waals surface area (Å²) in [4.78, 5) is 11.6. The molecule has 0 saturated heterocycles. The van der Waals surface area contributed by atoms with Crippen LogP contribution in [0.1, 0.15) is 63.6 Å². The smallest absolute Gasteiger partial charge is 0.303 e. The first-order valence-electron chi connectivity index (χ1n) is 10.5. The second-order valence-corrected chi connectivity index (χ2v) is 9.99. The zero-order valence-corrected chi connectivity index (χ0v) is 18.6. The van der Waals surface area contributed by atoms with Crippen molar-refractivity contribution in [3.05, 3.63) is 77.4 Å². The summed E-state index contributed by atoms with van der Waals surface area (Å²) >= 11 is 0. The lowest BCUT2D eigenvalue weighted by atomic mass is 9.69. The van der Waals surface area contributed by atoms with Crippen molar-refractivity contribution in [1.82, 2.24) is 0 Å². The average Bonchev–Trinajstić information content (AvgIpc) is 2.65. The van der Waals surface area contributed by atoms with Crippen LogP contribution in [-0.2, 0) is 16.6 Å². The first-order chi connectivity index (χ1) is 14.0. The predicted molar refractivity (Wildman–Crippen MR) is 123 cm³/mol. The fraction of sp³-hybridized carbons (Fsp3) is 0.370.